The van der Waals surface area contributed by atoms with Gasteiger partial charge < -0.3 is 5.11 Å². The number of rotatable bonds is 4. The predicted octanol–water partition coefficient (Wildman–Crippen LogP) is 2.59. The molecule has 66 valence electrons. The van der Waals surface area contributed by atoms with E-state index in [0.717, 1.165) is 5.92 Å². The minimum atomic E-state index is 0.368. The molecular weight excluding hydrogens is 136 g/mol. The van der Waals surface area contributed by atoms with Crippen LogP contribution in [0.4, 0.5) is 0 Å². The third-order valence-electron chi connectivity index (χ3n) is 2.85. The highest BCUT2D eigenvalue weighted by Gasteiger charge is 2.15. The molecule has 1 rings (SSSR count). The first-order chi connectivity index (χ1) is 5.33. The average Bonchev–Trinajstić information content (AvgIpc) is 2.52. The second-order valence-corrected chi connectivity index (χ2v) is 4.02. The third kappa shape index (κ3) is 3.24. The van der Waals surface area contributed by atoms with E-state index in [1.807, 2.05) is 0 Å². The Bertz CT molecular complexity index is 95.0. The van der Waals surface area contributed by atoms with Gasteiger partial charge in [-0.2, -0.15) is 0 Å². The first-order valence-electron chi connectivity index (χ1n) is 4.93. The van der Waals surface area contributed by atoms with E-state index >= 15 is 0 Å². The molecule has 0 spiro atoms. The fourth-order valence-electron chi connectivity index (χ4n) is 1.91. The van der Waals surface area contributed by atoms with Crippen LogP contribution in [0.2, 0.25) is 0 Å². The van der Waals surface area contributed by atoms with E-state index in [1.165, 1.54) is 38.5 Å². The highest BCUT2D eigenvalue weighted by molar-refractivity contribution is 4.68. The molecule has 0 heterocycles. The van der Waals surface area contributed by atoms with Crippen molar-refractivity contribution in [3.8, 4) is 0 Å². The van der Waals surface area contributed by atoms with Crippen molar-refractivity contribution in [2.75, 3.05) is 6.61 Å². The molecular formula is C10H20O. The lowest BCUT2D eigenvalue weighted by Gasteiger charge is -2.11. The van der Waals surface area contributed by atoms with E-state index in [0.29, 0.717) is 12.5 Å². The molecule has 0 aromatic carbocycles. The fourth-order valence-corrected chi connectivity index (χ4v) is 1.91. The van der Waals surface area contributed by atoms with Gasteiger partial charge in [0.25, 0.3) is 0 Å². The van der Waals surface area contributed by atoms with Gasteiger partial charge in [0.1, 0.15) is 0 Å². The molecule has 0 aromatic rings. The molecule has 0 bridgehead atoms. The maximum atomic E-state index is 8.81. The smallest absolute Gasteiger partial charge is 0.0456 e. The van der Waals surface area contributed by atoms with Crippen LogP contribution in [0.1, 0.15) is 45.4 Å². The zero-order valence-electron chi connectivity index (χ0n) is 7.55. The van der Waals surface area contributed by atoms with Gasteiger partial charge in [-0.1, -0.05) is 39.0 Å². The standard InChI is InChI=1S/C10H20O/c1-9(8-11)6-7-10-4-2-3-5-10/h9-11H,2-8H2,1H3/t9-/m0/s1. The van der Waals surface area contributed by atoms with Gasteiger partial charge in [0.15, 0.2) is 0 Å². The second-order valence-electron chi connectivity index (χ2n) is 4.02. The summed E-state index contributed by atoms with van der Waals surface area (Å²) in [5, 5.41) is 8.81. The highest BCUT2D eigenvalue weighted by Crippen LogP contribution is 2.29. The molecule has 0 saturated heterocycles. The van der Waals surface area contributed by atoms with Gasteiger partial charge >= 0.3 is 0 Å². The van der Waals surface area contributed by atoms with Gasteiger partial charge in [-0.15, -0.1) is 0 Å². The first-order valence-corrected chi connectivity index (χ1v) is 4.93. The van der Waals surface area contributed by atoms with Crippen molar-refractivity contribution in [3.63, 3.8) is 0 Å². The maximum Gasteiger partial charge on any atom is 0.0456 e. The van der Waals surface area contributed by atoms with Crippen LogP contribution < -0.4 is 0 Å². The summed E-state index contributed by atoms with van der Waals surface area (Å²) in [4.78, 5) is 0. The quantitative estimate of drug-likeness (QED) is 0.663. The summed E-state index contributed by atoms with van der Waals surface area (Å²) in [5.41, 5.74) is 0. The fraction of sp³-hybridized carbons (Fsp3) is 1.00. The highest BCUT2D eigenvalue weighted by atomic mass is 16.3. The lowest BCUT2D eigenvalue weighted by Crippen LogP contribution is -2.03. The summed E-state index contributed by atoms with van der Waals surface area (Å²) in [6.07, 6.45) is 8.34. The Hall–Kier alpha value is -0.0400. The van der Waals surface area contributed by atoms with Crippen LogP contribution in [0.25, 0.3) is 0 Å². The molecule has 1 nitrogen and oxygen atoms in total. The summed E-state index contributed by atoms with van der Waals surface area (Å²) < 4.78 is 0. The predicted molar refractivity (Wildman–Crippen MR) is 47.4 cm³/mol. The molecule has 0 amide bonds. The minimum Gasteiger partial charge on any atom is -0.396 e. The molecule has 0 radical (unpaired) electrons. The van der Waals surface area contributed by atoms with Gasteiger partial charge in [0.05, 0.1) is 0 Å². The van der Waals surface area contributed by atoms with Crippen LogP contribution in [0.5, 0.6) is 0 Å². The van der Waals surface area contributed by atoms with Crippen LogP contribution in [0.15, 0.2) is 0 Å². The number of hydrogen-bond acceptors (Lipinski definition) is 1. The molecule has 0 aliphatic heterocycles. The van der Waals surface area contributed by atoms with Gasteiger partial charge in [-0.25, -0.2) is 0 Å². The molecule has 0 aromatic heterocycles. The molecule has 11 heavy (non-hydrogen) atoms. The molecule has 1 heteroatoms. The summed E-state index contributed by atoms with van der Waals surface area (Å²) in [5.74, 6) is 1.51. The summed E-state index contributed by atoms with van der Waals surface area (Å²) in [6, 6.07) is 0. The van der Waals surface area contributed by atoms with E-state index < -0.39 is 0 Å². The lowest BCUT2D eigenvalue weighted by atomic mass is 9.96. The Kier molecular flexibility index (Phi) is 3.92. The number of aliphatic hydroxyl groups is 1. The molecule has 1 N–H and O–H groups in total. The first kappa shape index (κ1) is 9.05. The van der Waals surface area contributed by atoms with E-state index in [1.54, 1.807) is 0 Å². The van der Waals surface area contributed by atoms with Crippen molar-refractivity contribution in [1.29, 1.82) is 0 Å². The molecule has 1 fully saturated rings. The van der Waals surface area contributed by atoms with Crippen molar-refractivity contribution in [2.45, 2.75) is 45.4 Å². The maximum absolute atomic E-state index is 8.81. The van der Waals surface area contributed by atoms with Crippen LogP contribution in [0.3, 0.4) is 0 Å². The molecule has 1 aliphatic rings. The topological polar surface area (TPSA) is 20.2 Å². The normalized spacial score (nSPS) is 22.4. The summed E-state index contributed by atoms with van der Waals surface area (Å²) in [7, 11) is 0. The monoisotopic (exact) mass is 156 g/mol. The second kappa shape index (κ2) is 4.76. The van der Waals surface area contributed by atoms with E-state index in [-0.39, 0.29) is 0 Å². The van der Waals surface area contributed by atoms with Crippen LogP contribution >= 0.6 is 0 Å². The van der Waals surface area contributed by atoms with E-state index in [2.05, 4.69) is 6.92 Å². The van der Waals surface area contributed by atoms with Crippen molar-refractivity contribution < 1.29 is 5.11 Å². The van der Waals surface area contributed by atoms with Crippen molar-refractivity contribution in [3.05, 3.63) is 0 Å². The van der Waals surface area contributed by atoms with Crippen LogP contribution in [-0.2, 0) is 0 Å². The van der Waals surface area contributed by atoms with Crippen molar-refractivity contribution in [2.24, 2.45) is 11.8 Å². The van der Waals surface area contributed by atoms with Crippen molar-refractivity contribution in [1.82, 2.24) is 0 Å². The molecule has 0 unspecified atom stereocenters. The zero-order chi connectivity index (χ0) is 8.10. The minimum absolute atomic E-state index is 0.368. The Morgan fingerprint density at radius 2 is 2.00 bits per heavy atom. The Morgan fingerprint density at radius 3 is 2.55 bits per heavy atom. The third-order valence-corrected chi connectivity index (χ3v) is 2.85. The van der Waals surface area contributed by atoms with Gasteiger partial charge in [0.2, 0.25) is 0 Å². The van der Waals surface area contributed by atoms with Gasteiger partial charge in [-0.05, 0) is 18.3 Å². The van der Waals surface area contributed by atoms with E-state index in [9.17, 15) is 0 Å². The van der Waals surface area contributed by atoms with Gasteiger partial charge in [0, 0.05) is 6.61 Å². The Morgan fingerprint density at radius 1 is 1.36 bits per heavy atom. The summed E-state index contributed by atoms with van der Waals surface area (Å²) in [6.45, 7) is 2.50. The van der Waals surface area contributed by atoms with Gasteiger partial charge in [-0.3, -0.25) is 0 Å². The molecule has 1 aliphatic carbocycles. The van der Waals surface area contributed by atoms with E-state index in [4.69, 9.17) is 5.11 Å². The number of aliphatic hydroxyl groups excluding tert-OH is 1. The van der Waals surface area contributed by atoms with Crippen LogP contribution in [-0.4, -0.2) is 11.7 Å². The average molecular weight is 156 g/mol. The largest absolute Gasteiger partial charge is 0.396 e. The lowest BCUT2D eigenvalue weighted by molar-refractivity contribution is 0.222. The van der Waals surface area contributed by atoms with Crippen LogP contribution in [0, 0.1) is 11.8 Å². The Labute approximate surface area is 69.8 Å². The molecule has 1 atom stereocenters. The Balaban J connectivity index is 2.01. The SMILES string of the molecule is C[C@H](CO)CCC1CCCC1. The summed E-state index contributed by atoms with van der Waals surface area (Å²) >= 11 is 0. The van der Waals surface area contributed by atoms with Crippen molar-refractivity contribution >= 4 is 0 Å². The zero-order valence-corrected chi connectivity index (χ0v) is 7.55. The number of hydrogen-bond donors (Lipinski definition) is 1. The molecule has 1 saturated carbocycles.